The van der Waals surface area contributed by atoms with Crippen molar-refractivity contribution in [3.05, 3.63) is 52.2 Å². The molecule has 0 saturated carbocycles. The van der Waals surface area contributed by atoms with Crippen molar-refractivity contribution in [3.8, 4) is 0 Å². The molecule has 0 radical (unpaired) electrons. The maximum absolute atomic E-state index is 13.1. The van der Waals surface area contributed by atoms with Gasteiger partial charge in [-0.3, -0.25) is 14.5 Å². The Labute approximate surface area is 195 Å². The van der Waals surface area contributed by atoms with E-state index in [1.54, 1.807) is 16.2 Å². The van der Waals surface area contributed by atoms with Crippen LogP contribution in [0, 0.1) is 5.92 Å². The third-order valence-electron chi connectivity index (χ3n) is 5.59. The summed E-state index contributed by atoms with van der Waals surface area (Å²) in [4.78, 5) is 29.8. The van der Waals surface area contributed by atoms with Crippen LogP contribution in [0.4, 0.5) is 18.9 Å². The smallest absolute Gasteiger partial charge is 0.339 e. The molecule has 2 amide bonds. The number of para-hydroxylation sites is 1. The molecule has 3 rings (SSSR count). The number of nitrogens with zero attached hydrogens (tertiary/aromatic N) is 2. The number of alkyl halides is 3. The van der Waals surface area contributed by atoms with Crippen LogP contribution in [0.25, 0.3) is 0 Å². The van der Waals surface area contributed by atoms with Crippen LogP contribution in [0.3, 0.4) is 0 Å². The van der Waals surface area contributed by atoms with Gasteiger partial charge >= 0.3 is 6.18 Å². The van der Waals surface area contributed by atoms with Gasteiger partial charge in [0.15, 0.2) is 0 Å². The molecule has 1 aliphatic rings. The SMILES string of the molecule is CC(C)[C@@H](NCC(=O)N1CCN(CC(=O)Nc2ccccc2C(F)(F)F)CC1)c1cccs1. The van der Waals surface area contributed by atoms with E-state index in [0.717, 1.165) is 6.07 Å². The van der Waals surface area contributed by atoms with Gasteiger partial charge in [-0.15, -0.1) is 11.3 Å². The molecule has 6 nitrogen and oxygen atoms in total. The van der Waals surface area contributed by atoms with Crippen molar-refractivity contribution in [2.45, 2.75) is 26.1 Å². The van der Waals surface area contributed by atoms with Gasteiger partial charge in [0.2, 0.25) is 11.8 Å². The highest BCUT2D eigenvalue weighted by molar-refractivity contribution is 7.10. The largest absolute Gasteiger partial charge is 0.418 e. The lowest BCUT2D eigenvalue weighted by molar-refractivity contribution is -0.137. The summed E-state index contributed by atoms with van der Waals surface area (Å²) in [5, 5.41) is 7.74. The van der Waals surface area contributed by atoms with E-state index in [0.29, 0.717) is 32.1 Å². The number of piperazine rings is 1. The number of hydrogen-bond acceptors (Lipinski definition) is 5. The molecule has 1 aromatic heterocycles. The third kappa shape index (κ3) is 7.02. The molecule has 1 fully saturated rings. The number of halogens is 3. The van der Waals surface area contributed by atoms with Gasteiger partial charge < -0.3 is 15.5 Å². The molecule has 1 aliphatic heterocycles. The molecule has 1 saturated heterocycles. The number of carbonyl (C=O) groups is 2. The van der Waals surface area contributed by atoms with Crippen LogP contribution in [0.2, 0.25) is 0 Å². The number of rotatable bonds is 8. The maximum atomic E-state index is 13.1. The number of carbonyl (C=O) groups excluding carboxylic acids is 2. The summed E-state index contributed by atoms with van der Waals surface area (Å²) < 4.78 is 39.3. The van der Waals surface area contributed by atoms with E-state index in [1.165, 1.54) is 23.1 Å². The normalized spacial score (nSPS) is 16.1. The number of hydrogen-bond donors (Lipinski definition) is 2. The first-order valence-corrected chi connectivity index (χ1v) is 11.8. The molecule has 2 aromatic rings. The van der Waals surface area contributed by atoms with Crippen molar-refractivity contribution in [1.29, 1.82) is 0 Å². The van der Waals surface area contributed by atoms with Gasteiger partial charge in [0.1, 0.15) is 0 Å². The zero-order valence-corrected chi connectivity index (χ0v) is 19.5. The maximum Gasteiger partial charge on any atom is 0.418 e. The number of amides is 2. The molecule has 0 spiro atoms. The van der Waals surface area contributed by atoms with E-state index in [1.807, 2.05) is 16.3 Å². The standard InChI is InChI=1S/C23H29F3N4O2S/c1-16(2)22(19-8-5-13-33-19)27-14-21(32)30-11-9-29(10-12-30)15-20(31)28-18-7-4-3-6-17(18)23(24,25)26/h3-8,13,16,22,27H,9-12,14-15H2,1-2H3,(H,28,31)/t22-/m1/s1. The number of anilines is 1. The molecule has 0 aliphatic carbocycles. The summed E-state index contributed by atoms with van der Waals surface area (Å²) in [6.45, 7) is 6.33. The second-order valence-corrected chi connectivity index (χ2v) is 9.35. The van der Waals surface area contributed by atoms with E-state index >= 15 is 0 Å². The minimum atomic E-state index is -4.54. The van der Waals surface area contributed by atoms with Crippen LogP contribution in [-0.4, -0.2) is 60.9 Å². The summed E-state index contributed by atoms with van der Waals surface area (Å²) in [5.74, 6) is -0.168. The second kappa shape index (κ2) is 11.1. The molecule has 2 heterocycles. The lowest BCUT2D eigenvalue weighted by Crippen LogP contribution is -2.52. The molecule has 2 N–H and O–H groups in total. The van der Waals surface area contributed by atoms with E-state index < -0.39 is 17.6 Å². The lowest BCUT2D eigenvalue weighted by Gasteiger charge is -2.35. The minimum Gasteiger partial charge on any atom is -0.339 e. The first-order valence-electron chi connectivity index (χ1n) is 10.9. The highest BCUT2D eigenvalue weighted by Gasteiger charge is 2.33. The van der Waals surface area contributed by atoms with Crippen LogP contribution in [0.1, 0.15) is 30.3 Å². The van der Waals surface area contributed by atoms with Gasteiger partial charge in [-0.1, -0.05) is 32.0 Å². The minimum absolute atomic E-state index is 0.000382. The first-order chi connectivity index (χ1) is 15.6. The average molecular weight is 483 g/mol. The summed E-state index contributed by atoms with van der Waals surface area (Å²) in [6.07, 6.45) is -4.54. The van der Waals surface area contributed by atoms with Crippen molar-refractivity contribution in [3.63, 3.8) is 0 Å². The van der Waals surface area contributed by atoms with Crippen molar-refractivity contribution in [1.82, 2.24) is 15.1 Å². The topological polar surface area (TPSA) is 64.7 Å². The first kappa shape index (κ1) is 25.2. The number of nitrogens with one attached hydrogen (secondary N) is 2. The monoisotopic (exact) mass is 482 g/mol. The van der Waals surface area contributed by atoms with Crippen LogP contribution < -0.4 is 10.6 Å². The molecule has 0 bridgehead atoms. The predicted molar refractivity (Wildman–Crippen MR) is 123 cm³/mol. The van der Waals surface area contributed by atoms with Gasteiger partial charge in [0, 0.05) is 37.1 Å². The molecular weight excluding hydrogens is 453 g/mol. The Bertz CT molecular complexity index is 926. The highest BCUT2D eigenvalue weighted by Crippen LogP contribution is 2.34. The van der Waals surface area contributed by atoms with Crippen LogP contribution >= 0.6 is 11.3 Å². The van der Waals surface area contributed by atoms with Crippen LogP contribution in [0.5, 0.6) is 0 Å². The van der Waals surface area contributed by atoms with Gasteiger partial charge in [-0.25, -0.2) is 0 Å². The number of thiophene rings is 1. The zero-order chi connectivity index (χ0) is 24.0. The van der Waals surface area contributed by atoms with Crippen LogP contribution in [0.15, 0.2) is 41.8 Å². The third-order valence-corrected chi connectivity index (χ3v) is 6.54. The quantitative estimate of drug-likeness (QED) is 0.600. The van der Waals surface area contributed by atoms with Crippen molar-refractivity contribution in [2.75, 3.05) is 44.6 Å². The van der Waals surface area contributed by atoms with Gasteiger partial charge in [0.05, 0.1) is 24.3 Å². The van der Waals surface area contributed by atoms with Crippen molar-refractivity contribution in [2.24, 2.45) is 5.92 Å². The van der Waals surface area contributed by atoms with E-state index in [2.05, 4.69) is 30.5 Å². The Balaban J connectivity index is 1.45. The summed E-state index contributed by atoms with van der Waals surface area (Å²) >= 11 is 1.66. The van der Waals surface area contributed by atoms with Crippen LogP contribution in [-0.2, 0) is 15.8 Å². The van der Waals surface area contributed by atoms with Gasteiger partial charge in [-0.05, 0) is 29.5 Å². The Kier molecular flexibility index (Phi) is 8.50. The van der Waals surface area contributed by atoms with E-state index in [-0.39, 0.29) is 30.7 Å². The molecule has 180 valence electrons. The summed E-state index contributed by atoms with van der Waals surface area (Å²) in [7, 11) is 0. The molecule has 33 heavy (non-hydrogen) atoms. The predicted octanol–water partition coefficient (Wildman–Crippen LogP) is 3.84. The van der Waals surface area contributed by atoms with Crippen molar-refractivity contribution < 1.29 is 22.8 Å². The molecular formula is C23H29F3N4O2S. The van der Waals surface area contributed by atoms with Gasteiger partial charge in [0.25, 0.3) is 0 Å². The Hall–Kier alpha value is -2.43. The zero-order valence-electron chi connectivity index (χ0n) is 18.7. The van der Waals surface area contributed by atoms with E-state index in [9.17, 15) is 22.8 Å². The fourth-order valence-electron chi connectivity index (χ4n) is 3.83. The summed E-state index contributed by atoms with van der Waals surface area (Å²) in [5.41, 5.74) is -1.12. The molecule has 1 atom stereocenters. The fourth-order valence-corrected chi connectivity index (χ4v) is 4.80. The van der Waals surface area contributed by atoms with Gasteiger partial charge in [-0.2, -0.15) is 13.2 Å². The molecule has 0 unspecified atom stereocenters. The Morgan fingerprint density at radius 1 is 1.06 bits per heavy atom. The second-order valence-electron chi connectivity index (χ2n) is 8.37. The average Bonchev–Trinajstić information content (AvgIpc) is 3.28. The number of benzene rings is 1. The highest BCUT2D eigenvalue weighted by atomic mass is 32.1. The Morgan fingerprint density at radius 2 is 1.76 bits per heavy atom. The molecule has 1 aromatic carbocycles. The Morgan fingerprint density at radius 3 is 2.36 bits per heavy atom. The van der Waals surface area contributed by atoms with Crippen molar-refractivity contribution >= 4 is 28.8 Å². The summed E-state index contributed by atoms with van der Waals surface area (Å²) in [6, 6.07) is 9.08. The van der Waals surface area contributed by atoms with E-state index in [4.69, 9.17) is 0 Å². The fraction of sp³-hybridized carbons (Fsp3) is 0.478. The molecule has 10 heteroatoms. The lowest BCUT2D eigenvalue weighted by atomic mass is 10.0.